The Kier molecular flexibility index (Phi) is 3.00. The van der Waals surface area contributed by atoms with Gasteiger partial charge in [-0.2, -0.15) is 0 Å². The van der Waals surface area contributed by atoms with Crippen LogP contribution in [0.3, 0.4) is 0 Å². The standard InChI is InChI=1S/C17H17NO2S/c19-11-7-5-10(6-8-11)13-9-15(20)18-17-16(13)12-3-1-2-4-14(12)21-17/h5-8,13,19H,1-4,9H2,(H,18,20)/t13-/m1/s1. The zero-order valence-electron chi connectivity index (χ0n) is 11.7. The van der Waals surface area contributed by atoms with Gasteiger partial charge in [0.1, 0.15) is 5.75 Å². The van der Waals surface area contributed by atoms with Crippen molar-refractivity contribution in [3.8, 4) is 5.75 Å². The fraction of sp³-hybridized carbons (Fsp3) is 0.353. The number of fused-ring (bicyclic) bond motifs is 3. The lowest BCUT2D eigenvalue weighted by Gasteiger charge is -2.25. The molecular formula is C17H17NO2S. The van der Waals surface area contributed by atoms with Gasteiger partial charge >= 0.3 is 0 Å². The number of thiophene rings is 1. The van der Waals surface area contributed by atoms with Crippen LogP contribution >= 0.6 is 11.3 Å². The van der Waals surface area contributed by atoms with Gasteiger partial charge in [-0.3, -0.25) is 4.79 Å². The first-order valence-corrected chi connectivity index (χ1v) is 8.27. The molecule has 0 saturated carbocycles. The molecule has 0 saturated heterocycles. The van der Waals surface area contributed by atoms with E-state index in [1.807, 2.05) is 12.1 Å². The number of phenolic OH excluding ortho intramolecular Hbond substituents is 1. The van der Waals surface area contributed by atoms with Crippen molar-refractivity contribution >= 4 is 22.2 Å². The molecule has 1 aliphatic heterocycles. The van der Waals surface area contributed by atoms with Gasteiger partial charge in [0.25, 0.3) is 0 Å². The predicted molar refractivity (Wildman–Crippen MR) is 84.2 cm³/mol. The number of hydrogen-bond donors (Lipinski definition) is 2. The van der Waals surface area contributed by atoms with Crippen LogP contribution in [0.2, 0.25) is 0 Å². The minimum atomic E-state index is 0.0965. The Hall–Kier alpha value is -1.81. The maximum absolute atomic E-state index is 12.0. The van der Waals surface area contributed by atoms with Crippen LogP contribution < -0.4 is 5.32 Å². The third-order valence-corrected chi connectivity index (χ3v) is 5.72. The lowest BCUT2D eigenvalue weighted by atomic mass is 9.82. The van der Waals surface area contributed by atoms with Crippen molar-refractivity contribution in [3.63, 3.8) is 0 Å². The summed E-state index contributed by atoms with van der Waals surface area (Å²) in [6.45, 7) is 0. The van der Waals surface area contributed by atoms with Crippen LogP contribution in [0, 0.1) is 0 Å². The van der Waals surface area contributed by atoms with Crippen molar-refractivity contribution in [3.05, 3.63) is 45.8 Å². The molecule has 108 valence electrons. The number of anilines is 1. The molecule has 4 heteroatoms. The highest BCUT2D eigenvalue weighted by atomic mass is 32.1. The van der Waals surface area contributed by atoms with Crippen molar-refractivity contribution in [2.75, 3.05) is 5.32 Å². The van der Waals surface area contributed by atoms with Crippen LogP contribution in [-0.4, -0.2) is 11.0 Å². The first-order valence-electron chi connectivity index (χ1n) is 7.45. The lowest BCUT2D eigenvalue weighted by Crippen LogP contribution is -2.23. The van der Waals surface area contributed by atoms with Crippen LogP contribution in [0.1, 0.15) is 46.7 Å². The molecule has 2 aliphatic rings. The van der Waals surface area contributed by atoms with E-state index in [0.29, 0.717) is 6.42 Å². The molecule has 1 aromatic carbocycles. The molecule has 1 aliphatic carbocycles. The van der Waals surface area contributed by atoms with Crippen LogP contribution in [0.15, 0.2) is 24.3 Å². The summed E-state index contributed by atoms with van der Waals surface area (Å²) in [6, 6.07) is 7.30. The molecular weight excluding hydrogens is 282 g/mol. The number of carbonyl (C=O) groups excluding carboxylic acids is 1. The summed E-state index contributed by atoms with van der Waals surface area (Å²) in [7, 11) is 0. The number of aromatic hydroxyl groups is 1. The molecule has 0 spiro atoms. The highest BCUT2D eigenvalue weighted by Gasteiger charge is 2.33. The van der Waals surface area contributed by atoms with Crippen molar-refractivity contribution in [2.45, 2.75) is 38.0 Å². The molecule has 1 amide bonds. The average molecular weight is 299 g/mol. The Morgan fingerprint density at radius 2 is 1.90 bits per heavy atom. The molecule has 2 heterocycles. The van der Waals surface area contributed by atoms with Crippen LogP contribution in [0.25, 0.3) is 0 Å². The minimum absolute atomic E-state index is 0.0965. The summed E-state index contributed by atoms with van der Waals surface area (Å²) in [5.41, 5.74) is 3.93. The quantitative estimate of drug-likeness (QED) is 0.841. The molecule has 0 bridgehead atoms. The van der Waals surface area contributed by atoms with Gasteiger partial charge in [-0.25, -0.2) is 0 Å². The van der Waals surface area contributed by atoms with Crippen molar-refractivity contribution in [2.24, 2.45) is 0 Å². The zero-order valence-corrected chi connectivity index (χ0v) is 12.5. The molecule has 0 radical (unpaired) electrons. The first-order chi connectivity index (χ1) is 10.2. The monoisotopic (exact) mass is 299 g/mol. The SMILES string of the molecule is O=C1C[C@H](c2ccc(O)cc2)c2c(sc3c2CCCC3)N1. The van der Waals surface area contributed by atoms with Gasteiger partial charge in [-0.05, 0) is 54.5 Å². The van der Waals surface area contributed by atoms with Gasteiger partial charge in [-0.15, -0.1) is 11.3 Å². The Morgan fingerprint density at radius 1 is 1.14 bits per heavy atom. The van der Waals surface area contributed by atoms with E-state index in [4.69, 9.17) is 0 Å². The number of carbonyl (C=O) groups is 1. The normalized spacial score (nSPS) is 20.6. The van der Waals surface area contributed by atoms with Gasteiger partial charge < -0.3 is 10.4 Å². The number of phenols is 1. The number of benzene rings is 1. The molecule has 2 N–H and O–H groups in total. The topological polar surface area (TPSA) is 49.3 Å². The van der Waals surface area contributed by atoms with Gasteiger partial charge in [0.05, 0.1) is 5.00 Å². The highest BCUT2D eigenvalue weighted by Crippen LogP contribution is 2.47. The molecule has 2 aromatic rings. The number of aryl methyl sites for hydroxylation is 1. The van der Waals surface area contributed by atoms with Gasteiger partial charge in [0.15, 0.2) is 0 Å². The van der Waals surface area contributed by atoms with Gasteiger partial charge in [0.2, 0.25) is 5.91 Å². The zero-order chi connectivity index (χ0) is 14.4. The largest absolute Gasteiger partial charge is 0.508 e. The maximum Gasteiger partial charge on any atom is 0.225 e. The predicted octanol–water partition coefficient (Wildman–Crippen LogP) is 3.81. The molecule has 0 fully saturated rings. The van der Waals surface area contributed by atoms with Gasteiger partial charge in [0, 0.05) is 17.2 Å². The summed E-state index contributed by atoms with van der Waals surface area (Å²) in [5, 5.41) is 13.6. The fourth-order valence-corrected chi connectivity index (χ4v) is 4.88. The average Bonchev–Trinajstić information content (AvgIpc) is 2.85. The third kappa shape index (κ3) is 2.14. The summed E-state index contributed by atoms with van der Waals surface area (Å²) in [4.78, 5) is 13.5. The Bertz CT molecular complexity index is 702. The Morgan fingerprint density at radius 3 is 2.71 bits per heavy atom. The molecule has 4 rings (SSSR count). The van der Waals surface area contributed by atoms with Crippen molar-refractivity contribution in [1.82, 2.24) is 0 Å². The first kappa shape index (κ1) is 12.9. The van der Waals surface area contributed by atoms with Crippen molar-refractivity contribution < 1.29 is 9.90 Å². The molecule has 1 aromatic heterocycles. The van der Waals surface area contributed by atoms with Gasteiger partial charge in [-0.1, -0.05) is 12.1 Å². The maximum atomic E-state index is 12.0. The number of nitrogens with one attached hydrogen (secondary N) is 1. The lowest BCUT2D eigenvalue weighted by molar-refractivity contribution is -0.116. The summed E-state index contributed by atoms with van der Waals surface area (Å²) in [5.74, 6) is 0.498. The van der Waals surface area contributed by atoms with E-state index in [1.54, 1.807) is 23.5 Å². The Balaban J connectivity index is 1.84. The number of rotatable bonds is 1. The smallest absolute Gasteiger partial charge is 0.225 e. The molecule has 0 unspecified atom stereocenters. The number of hydrogen-bond acceptors (Lipinski definition) is 3. The van der Waals surface area contributed by atoms with E-state index >= 15 is 0 Å². The van der Waals surface area contributed by atoms with Crippen LogP contribution in [0.4, 0.5) is 5.00 Å². The summed E-state index contributed by atoms with van der Waals surface area (Å²) in [6.07, 6.45) is 5.27. The van der Waals surface area contributed by atoms with E-state index in [9.17, 15) is 9.90 Å². The molecule has 3 nitrogen and oxygen atoms in total. The Labute approximate surface area is 127 Å². The summed E-state index contributed by atoms with van der Waals surface area (Å²) < 4.78 is 0. The van der Waals surface area contributed by atoms with Crippen LogP contribution in [-0.2, 0) is 17.6 Å². The second-order valence-electron chi connectivity index (χ2n) is 5.85. The van der Waals surface area contributed by atoms with E-state index in [2.05, 4.69) is 5.32 Å². The highest BCUT2D eigenvalue weighted by molar-refractivity contribution is 7.16. The number of amides is 1. The van der Waals surface area contributed by atoms with Crippen LogP contribution in [0.5, 0.6) is 5.75 Å². The molecule has 21 heavy (non-hydrogen) atoms. The molecule has 1 atom stereocenters. The van der Waals surface area contributed by atoms with Crippen molar-refractivity contribution in [1.29, 1.82) is 0 Å². The van der Waals surface area contributed by atoms with E-state index in [0.717, 1.165) is 23.4 Å². The van der Waals surface area contributed by atoms with E-state index < -0.39 is 0 Å². The summed E-state index contributed by atoms with van der Waals surface area (Å²) >= 11 is 1.76. The second-order valence-corrected chi connectivity index (χ2v) is 6.96. The minimum Gasteiger partial charge on any atom is -0.508 e. The van der Waals surface area contributed by atoms with E-state index in [-0.39, 0.29) is 17.6 Å². The van der Waals surface area contributed by atoms with E-state index in [1.165, 1.54) is 28.8 Å². The third-order valence-electron chi connectivity index (χ3n) is 4.50. The fourth-order valence-electron chi connectivity index (χ4n) is 3.51. The second kappa shape index (κ2) is 4.88.